The Morgan fingerprint density at radius 1 is 1.07 bits per heavy atom. The lowest BCUT2D eigenvalue weighted by Gasteiger charge is -2.35. The van der Waals surface area contributed by atoms with Crippen molar-refractivity contribution in [3.63, 3.8) is 0 Å². The smallest absolute Gasteiger partial charge is 0.220 e. The van der Waals surface area contributed by atoms with E-state index in [1.54, 1.807) is 43.6 Å². The van der Waals surface area contributed by atoms with Crippen molar-refractivity contribution < 1.29 is 19.0 Å². The van der Waals surface area contributed by atoms with E-state index < -0.39 is 5.82 Å². The normalized spacial score (nSPS) is 16.8. The summed E-state index contributed by atoms with van der Waals surface area (Å²) in [5, 5.41) is 19.5. The molecule has 2 aliphatic rings. The number of nitrogens with one attached hydrogen (secondary N) is 3. The quantitative estimate of drug-likeness (QED) is 0.178. The second-order valence-corrected chi connectivity index (χ2v) is 11.8. The zero-order chi connectivity index (χ0) is 31.5. The van der Waals surface area contributed by atoms with Gasteiger partial charge in [0, 0.05) is 79.8 Å². The first kappa shape index (κ1) is 31.1. The molecule has 234 valence electrons. The number of benzene rings is 1. The number of ether oxygens (including phenoxy) is 1. The fraction of sp³-hybridized carbons (Fsp3) is 0.312. The van der Waals surface area contributed by atoms with Gasteiger partial charge < -0.3 is 25.8 Å². The molecule has 1 aromatic carbocycles. The number of carbonyl (C=O) groups is 1. The first-order chi connectivity index (χ1) is 21.8. The van der Waals surface area contributed by atoms with Gasteiger partial charge in [-0.05, 0) is 30.7 Å². The minimum atomic E-state index is -0.484. The fourth-order valence-corrected chi connectivity index (χ4v) is 6.09. The first-order valence-corrected chi connectivity index (χ1v) is 15.3. The second kappa shape index (κ2) is 13.6. The van der Waals surface area contributed by atoms with Gasteiger partial charge in [-0.3, -0.25) is 14.7 Å². The van der Waals surface area contributed by atoms with Crippen LogP contribution in [0.2, 0.25) is 10.0 Å². The number of aromatic nitrogens is 3. The van der Waals surface area contributed by atoms with E-state index in [9.17, 15) is 9.90 Å². The highest BCUT2D eigenvalue weighted by Gasteiger charge is 2.26. The summed E-state index contributed by atoms with van der Waals surface area (Å²) >= 11 is 13.8. The molecule has 0 spiro atoms. The lowest BCUT2D eigenvalue weighted by molar-refractivity contribution is -0.119. The molecule has 6 rings (SSSR count). The van der Waals surface area contributed by atoms with Crippen LogP contribution in [0.4, 0.5) is 15.9 Å². The molecule has 1 atom stereocenters. The highest BCUT2D eigenvalue weighted by atomic mass is 35.5. The molecule has 0 bridgehead atoms. The Bertz CT molecular complexity index is 1720. The van der Waals surface area contributed by atoms with E-state index in [4.69, 9.17) is 32.9 Å². The minimum absolute atomic E-state index is 0.0410. The number of hydrogen-bond donors (Lipinski definition) is 4. The molecule has 10 nitrogen and oxygen atoms in total. The largest absolute Gasteiger partial charge is 0.481 e. The van der Waals surface area contributed by atoms with E-state index in [1.807, 2.05) is 17.0 Å². The van der Waals surface area contributed by atoms with E-state index >= 15 is 4.39 Å². The molecule has 45 heavy (non-hydrogen) atoms. The van der Waals surface area contributed by atoms with E-state index in [1.165, 1.54) is 6.20 Å². The zero-order valence-electron chi connectivity index (χ0n) is 24.5. The van der Waals surface area contributed by atoms with Crippen LogP contribution in [-0.4, -0.2) is 69.8 Å². The Morgan fingerprint density at radius 3 is 2.64 bits per heavy atom. The van der Waals surface area contributed by atoms with E-state index in [0.717, 1.165) is 12.0 Å². The summed E-state index contributed by atoms with van der Waals surface area (Å²) in [6.07, 6.45) is 4.17. The lowest BCUT2D eigenvalue weighted by atomic mass is 10.1. The predicted octanol–water partition coefficient (Wildman–Crippen LogP) is 4.95. The minimum Gasteiger partial charge on any atom is -0.481 e. The van der Waals surface area contributed by atoms with E-state index in [2.05, 4.69) is 25.9 Å². The number of aliphatic hydroxyl groups excluding tert-OH is 1. The van der Waals surface area contributed by atoms with Gasteiger partial charge in [-0.2, -0.15) is 0 Å². The van der Waals surface area contributed by atoms with Gasteiger partial charge in [0.15, 0.2) is 11.6 Å². The average Bonchev–Trinajstić information content (AvgIpc) is 3.44. The van der Waals surface area contributed by atoms with Crippen LogP contribution < -0.4 is 20.7 Å². The summed E-state index contributed by atoms with van der Waals surface area (Å²) in [7, 11) is 1.56. The summed E-state index contributed by atoms with van der Waals surface area (Å²) in [6.45, 7) is 2.57. The molecule has 5 heterocycles. The highest BCUT2D eigenvalue weighted by Crippen LogP contribution is 2.41. The number of methoxy groups -OCH3 is 1. The molecular weight excluding hydrogens is 620 g/mol. The van der Waals surface area contributed by atoms with Crippen molar-refractivity contribution in [3.8, 4) is 28.4 Å². The van der Waals surface area contributed by atoms with Crippen LogP contribution in [-0.2, 0) is 17.9 Å². The van der Waals surface area contributed by atoms with E-state index in [-0.39, 0.29) is 23.9 Å². The van der Waals surface area contributed by atoms with Gasteiger partial charge in [0.05, 0.1) is 40.3 Å². The number of rotatable bonds is 11. The van der Waals surface area contributed by atoms with Crippen LogP contribution in [0.3, 0.4) is 0 Å². The summed E-state index contributed by atoms with van der Waals surface area (Å²) in [6, 6.07) is 12.6. The summed E-state index contributed by atoms with van der Waals surface area (Å²) in [5.41, 5.74) is 3.99. The molecule has 3 aromatic heterocycles. The number of carbonyl (C=O) groups excluding carboxylic acids is 1. The van der Waals surface area contributed by atoms with Crippen molar-refractivity contribution in [2.24, 2.45) is 0 Å². The monoisotopic (exact) mass is 651 g/mol. The van der Waals surface area contributed by atoms with Crippen LogP contribution in [0, 0.1) is 5.82 Å². The fourth-order valence-electron chi connectivity index (χ4n) is 5.52. The zero-order valence-corrected chi connectivity index (χ0v) is 26.0. The van der Waals surface area contributed by atoms with Crippen molar-refractivity contribution in [2.45, 2.75) is 38.1 Å². The van der Waals surface area contributed by atoms with Gasteiger partial charge in [0.1, 0.15) is 0 Å². The van der Waals surface area contributed by atoms with E-state index in [0.29, 0.717) is 88.8 Å². The van der Waals surface area contributed by atoms with Gasteiger partial charge in [0.25, 0.3) is 0 Å². The SMILES string of the molecule is COc1nc(-c2ccnc(-c3cccc(Nc4nccc(CN5CC(O)C5)c4F)c3Cl)c2Cl)ccc1CNC[C@H]1CCC(=O)N1. The van der Waals surface area contributed by atoms with Crippen molar-refractivity contribution in [1.82, 2.24) is 30.5 Å². The standard InChI is InChI=1S/C32H32Cl2FN7O3/c1-45-32-18(13-36-14-20-6-8-26(44)39-20)5-7-24(41-32)22-10-12-37-30(28(22)34)23-3-2-4-25(27(23)33)40-31-29(35)19(9-11-38-31)15-42-16-21(43)17-42/h2-5,7,9-12,20-21,36,43H,6,8,13-17H2,1H3,(H,38,40)(H,39,44)/t20-/m1/s1. The molecule has 2 saturated heterocycles. The maximum absolute atomic E-state index is 15.4. The van der Waals surface area contributed by atoms with Crippen LogP contribution in [0.25, 0.3) is 22.5 Å². The number of amides is 1. The third-order valence-corrected chi connectivity index (χ3v) is 8.69. The van der Waals surface area contributed by atoms with Crippen LogP contribution in [0.5, 0.6) is 5.88 Å². The molecule has 4 aromatic rings. The second-order valence-electron chi connectivity index (χ2n) is 11.1. The first-order valence-electron chi connectivity index (χ1n) is 14.6. The van der Waals surface area contributed by atoms with Crippen molar-refractivity contribution in [1.29, 1.82) is 0 Å². The molecule has 2 aliphatic heterocycles. The molecule has 1 amide bonds. The van der Waals surface area contributed by atoms with Gasteiger partial charge >= 0.3 is 0 Å². The number of hydrogen-bond acceptors (Lipinski definition) is 9. The topological polar surface area (TPSA) is 125 Å². The number of aliphatic hydroxyl groups is 1. The summed E-state index contributed by atoms with van der Waals surface area (Å²) < 4.78 is 20.9. The highest BCUT2D eigenvalue weighted by molar-refractivity contribution is 6.39. The molecule has 0 radical (unpaired) electrons. The third-order valence-electron chi connectivity index (χ3n) is 7.90. The molecule has 0 saturated carbocycles. The number of β-amino-alcohol motifs (C(OH)–C–C–N with tert-alkyl or cyclic N) is 1. The Hall–Kier alpha value is -3.87. The molecule has 2 fully saturated rings. The number of likely N-dealkylation sites (tertiary alicyclic amines) is 1. The van der Waals surface area contributed by atoms with Crippen LogP contribution in [0.1, 0.15) is 24.0 Å². The van der Waals surface area contributed by atoms with Gasteiger partial charge in [-0.25, -0.2) is 14.4 Å². The maximum Gasteiger partial charge on any atom is 0.220 e. The number of pyridine rings is 3. The summed E-state index contributed by atoms with van der Waals surface area (Å²) in [4.78, 5) is 26.8. The number of halogens is 3. The van der Waals surface area contributed by atoms with Gasteiger partial charge in [-0.1, -0.05) is 41.4 Å². The Morgan fingerprint density at radius 2 is 1.89 bits per heavy atom. The molecule has 0 aliphatic carbocycles. The van der Waals surface area contributed by atoms with Crippen molar-refractivity contribution >= 4 is 40.6 Å². The summed E-state index contributed by atoms with van der Waals surface area (Å²) in [5.74, 6) is 0.0951. The third kappa shape index (κ3) is 6.87. The van der Waals surface area contributed by atoms with Crippen LogP contribution >= 0.6 is 23.2 Å². The van der Waals surface area contributed by atoms with Gasteiger partial charge in [-0.15, -0.1) is 0 Å². The predicted molar refractivity (Wildman–Crippen MR) is 171 cm³/mol. The molecule has 4 N–H and O–H groups in total. The molecule has 13 heteroatoms. The lowest BCUT2D eigenvalue weighted by Crippen LogP contribution is -2.49. The average molecular weight is 653 g/mol. The van der Waals surface area contributed by atoms with Crippen LogP contribution in [0.15, 0.2) is 54.9 Å². The Kier molecular flexibility index (Phi) is 9.43. The van der Waals surface area contributed by atoms with Gasteiger partial charge in [0.2, 0.25) is 11.8 Å². The number of nitrogens with zero attached hydrogens (tertiary/aromatic N) is 4. The van der Waals surface area contributed by atoms with Crippen molar-refractivity contribution in [3.05, 3.63) is 81.8 Å². The molecular formula is C32H32Cl2FN7O3. The Balaban J connectivity index is 1.21. The number of anilines is 2. The Labute approximate surface area is 270 Å². The maximum atomic E-state index is 15.4. The molecule has 0 unspecified atom stereocenters. The van der Waals surface area contributed by atoms with Crippen molar-refractivity contribution in [2.75, 3.05) is 32.1 Å².